The van der Waals surface area contributed by atoms with Crippen LogP contribution in [-0.2, 0) is 0 Å². The van der Waals surface area contributed by atoms with E-state index in [1.807, 2.05) is 35.2 Å². The molecular weight excluding hydrogens is 378 g/mol. The number of pyridine rings is 1. The number of piperazine rings is 1. The Morgan fingerprint density at radius 3 is 2.38 bits per heavy atom. The lowest BCUT2D eigenvalue weighted by atomic mass is 10.1. The van der Waals surface area contributed by atoms with E-state index in [9.17, 15) is 13.6 Å². The smallest absolute Gasteiger partial charge is 0.254 e. The van der Waals surface area contributed by atoms with E-state index in [1.165, 1.54) is 6.07 Å². The number of amides is 1. The van der Waals surface area contributed by atoms with E-state index in [0.717, 1.165) is 12.1 Å². The molecular formula is C20H18F2N6O. The minimum absolute atomic E-state index is 0.141. The molecule has 0 saturated carbocycles. The third-order valence-corrected chi connectivity index (χ3v) is 4.63. The Balaban J connectivity index is 1.35. The van der Waals surface area contributed by atoms with E-state index >= 15 is 0 Å². The highest BCUT2D eigenvalue weighted by atomic mass is 19.2. The molecule has 0 aliphatic carbocycles. The van der Waals surface area contributed by atoms with Gasteiger partial charge in [-0.1, -0.05) is 6.07 Å². The van der Waals surface area contributed by atoms with Crippen molar-refractivity contribution in [1.82, 2.24) is 20.1 Å². The summed E-state index contributed by atoms with van der Waals surface area (Å²) in [6.45, 7) is 2.04. The minimum Gasteiger partial charge on any atom is -0.352 e. The molecule has 1 aliphatic heterocycles. The number of aromatic nitrogens is 3. The Labute approximate surface area is 166 Å². The van der Waals surface area contributed by atoms with Gasteiger partial charge in [-0.05, 0) is 42.5 Å². The van der Waals surface area contributed by atoms with Crippen molar-refractivity contribution in [2.75, 3.05) is 36.4 Å². The van der Waals surface area contributed by atoms with E-state index in [4.69, 9.17) is 0 Å². The first-order chi connectivity index (χ1) is 14.1. The topological polar surface area (TPSA) is 74.2 Å². The molecule has 3 heterocycles. The lowest BCUT2D eigenvalue weighted by Gasteiger charge is -2.35. The van der Waals surface area contributed by atoms with Crippen molar-refractivity contribution in [3.05, 3.63) is 71.9 Å². The average Bonchev–Trinajstić information content (AvgIpc) is 2.77. The number of benzene rings is 1. The highest BCUT2D eigenvalue weighted by Gasteiger charge is 2.23. The highest BCUT2D eigenvalue weighted by molar-refractivity contribution is 5.94. The second-order valence-corrected chi connectivity index (χ2v) is 6.52. The molecule has 1 saturated heterocycles. The fourth-order valence-corrected chi connectivity index (χ4v) is 3.08. The molecule has 0 bridgehead atoms. The van der Waals surface area contributed by atoms with Crippen molar-refractivity contribution in [3.63, 3.8) is 0 Å². The molecule has 2 aromatic heterocycles. The van der Waals surface area contributed by atoms with Crippen molar-refractivity contribution >= 4 is 23.4 Å². The van der Waals surface area contributed by atoms with Crippen LogP contribution in [0.1, 0.15) is 10.4 Å². The largest absolute Gasteiger partial charge is 0.352 e. The van der Waals surface area contributed by atoms with Gasteiger partial charge in [0.15, 0.2) is 23.3 Å². The first kappa shape index (κ1) is 18.7. The molecule has 0 radical (unpaired) electrons. The van der Waals surface area contributed by atoms with Crippen LogP contribution in [0.15, 0.2) is 54.7 Å². The predicted octanol–water partition coefficient (Wildman–Crippen LogP) is 2.86. The standard InChI is InChI=1S/C20H18F2N6O/c21-15-5-4-14(13-16(15)22)20(29)28-11-9-27(10-12-28)19-7-6-18(25-26-19)24-17-3-1-2-8-23-17/h1-8,13H,9-12H2,(H,23,24,25). The second kappa shape index (κ2) is 8.17. The molecule has 1 aromatic carbocycles. The number of carbonyl (C=O) groups excluding carboxylic acids is 1. The van der Waals surface area contributed by atoms with E-state index in [1.54, 1.807) is 11.1 Å². The van der Waals surface area contributed by atoms with Gasteiger partial charge in [0.2, 0.25) is 0 Å². The van der Waals surface area contributed by atoms with Crippen molar-refractivity contribution in [2.45, 2.75) is 0 Å². The van der Waals surface area contributed by atoms with Gasteiger partial charge < -0.3 is 15.1 Å². The first-order valence-corrected chi connectivity index (χ1v) is 9.11. The SMILES string of the molecule is O=C(c1ccc(F)c(F)c1)N1CCN(c2ccc(Nc3ccccn3)nn2)CC1. The molecule has 0 spiro atoms. The monoisotopic (exact) mass is 396 g/mol. The van der Waals surface area contributed by atoms with Gasteiger partial charge in [0.25, 0.3) is 5.91 Å². The van der Waals surface area contributed by atoms with Gasteiger partial charge in [-0.15, -0.1) is 10.2 Å². The summed E-state index contributed by atoms with van der Waals surface area (Å²) in [7, 11) is 0. The first-order valence-electron chi connectivity index (χ1n) is 9.11. The van der Waals surface area contributed by atoms with Crippen LogP contribution in [0.2, 0.25) is 0 Å². The molecule has 148 valence electrons. The molecule has 29 heavy (non-hydrogen) atoms. The van der Waals surface area contributed by atoms with Crippen molar-refractivity contribution in [1.29, 1.82) is 0 Å². The van der Waals surface area contributed by atoms with Gasteiger partial charge in [-0.3, -0.25) is 4.79 Å². The van der Waals surface area contributed by atoms with Crippen LogP contribution >= 0.6 is 0 Å². The molecule has 1 aliphatic rings. The summed E-state index contributed by atoms with van der Waals surface area (Å²) in [5.74, 6) is -0.338. The molecule has 1 fully saturated rings. The van der Waals surface area contributed by atoms with E-state index < -0.39 is 11.6 Å². The Morgan fingerprint density at radius 1 is 0.897 bits per heavy atom. The molecule has 3 aromatic rings. The maximum absolute atomic E-state index is 13.4. The third-order valence-electron chi connectivity index (χ3n) is 4.63. The van der Waals surface area contributed by atoms with E-state index in [0.29, 0.717) is 43.6 Å². The molecule has 9 heteroatoms. The summed E-state index contributed by atoms with van der Waals surface area (Å²) in [5, 5.41) is 11.5. The maximum Gasteiger partial charge on any atom is 0.254 e. The summed E-state index contributed by atoms with van der Waals surface area (Å²) in [5.41, 5.74) is 0.141. The molecule has 1 amide bonds. The maximum atomic E-state index is 13.4. The number of hydrogen-bond acceptors (Lipinski definition) is 6. The summed E-state index contributed by atoms with van der Waals surface area (Å²) in [4.78, 5) is 20.3. The van der Waals surface area contributed by atoms with Crippen LogP contribution in [0.3, 0.4) is 0 Å². The number of nitrogens with one attached hydrogen (secondary N) is 1. The predicted molar refractivity (Wildman–Crippen MR) is 104 cm³/mol. The third kappa shape index (κ3) is 4.29. The Morgan fingerprint density at radius 2 is 1.72 bits per heavy atom. The van der Waals surface area contributed by atoms with Crippen LogP contribution in [0.4, 0.5) is 26.2 Å². The van der Waals surface area contributed by atoms with Gasteiger partial charge in [0.05, 0.1) is 0 Å². The zero-order valence-electron chi connectivity index (χ0n) is 15.4. The number of halogens is 2. The van der Waals surface area contributed by atoms with Crippen LogP contribution in [-0.4, -0.2) is 52.2 Å². The lowest BCUT2D eigenvalue weighted by molar-refractivity contribution is 0.0746. The Hall–Kier alpha value is -3.62. The Bertz CT molecular complexity index is 992. The van der Waals surface area contributed by atoms with Crippen LogP contribution < -0.4 is 10.2 Å². The summed E-state index contributed by atoms with van der Waals surface area (Å²) < 4.78 is 26.4. The number of anilines is 3. The van der Waals surface area contributed by atoms with Gasteiger partial charge in [-0.25, -0.2) is 13.8 Å². The molecule has 0 atom stereocenters. The fourth-order valence-electron chi connectivity index (χ4n) is 3.08. The summed E-state index contributed by atoms with van der Waals surface area (Å²) in [6, 6.07) is 12.4. The lowest BCUT2D eigenvalue weighted by Crippen LogP contribution is -2.49. The van der Waals surface area contributed by atoms with Gasteiger partial charge >= 0.3 is 0 Å². The van der Waals surface area contributed by atoms with Crippen LogP contribution in [0.5, 0.6) is 0 Å². The van der Waals surface area contributed by atoms with Gasteiger partial charge in [0.1, 0.15) is 5.82 Å². The van der Waals surface area contributed by atoms with Crippen molar-refractivity contribution in [3.8, 4) is 0 Å². The molecule has 4 rings (SSSR count). The molecule has 7 nitrogen and oxygen atoms in total. The van der Waals surface area contributed by atoms with Crippen LogP contribution in [0.25, 0.3) is 0 Å². The zero-order valence-corrected chi connectivity index (χ0v) is 15.4. The van der Waals surface area contributed by atoms with E-state index in [-0.39, 0.29) is 11.5 Å². The normalized spacial score (nSPS) is 14.0. The second-order valence-electron chi connectivity index (χ2n) is 6.52. The molecule has 1 N–H and O–H groups in total. The minimum atomic E-state index is -1.02. The zero-order chi connectivity index (χ0) is 20.2. The summed E-state index contributed by atoms with van der Waals surface area (Å²) >= 11 is 0. The average molecular weight is 396 g/mol. The fraction of sp³-hybridized carbons (Fsp3) is 0.200. The quantitative estimate of drug-likeness (QED) is 0.731. The number of rotatable bonds is 4. The molecule has 0 unspecified atom stereocenters. The van der Waals surface area contributed by atoms with Gasteiger partial charge in [0, 0.05) is 37.9 Å². The van der Waals surface area contributed by atoms with Gasteiger partial charge in [-0.2, -0.15) is 0 Å². The van der Waals surface area contributed by atoms with Crippen molar-refractivity contribution in [2.24, 2.45) is 0 Å². The number of carbonyl (C=O) groups is 1. The number of nitrogens with zero attached hydrogens (tertiary/aromatic N) is 5. The number of hydrogen-bond donors (Lipinski definition) is 1. The summed E-state index contributed by atoms with van der Waals surface area (Å²) in [6.07, 6.45) is 1.69. The van der Waals surface area contributed by atoms with Crippen molar-refractivity contribution < 1.29 is 13.6 Å². The van der Waals surface area contributed by atoms with Crippen LogP contribution in [0, 0.1) is 11.6 Å². The Kier molecular flexibility index (Phi) is 5.28. The van der Waals surface area contributed by atoms with E-state index in [2.05, 4.69) is 20.5 Å². The highest BCUT2D eigenvalue weighted by Crippen LogP contribution is 2.18.